The van der Waals surface area contributed by atoms with Crippen LogP contribution in [0.25, 0.3) is 0 Å². The predicted molar refractivity (Wildman–Crippen MR) is 69.6 cm³/mol. The highest BCUT2D eigenvalue weighted by Gasteiger charge is 2.33. The zero-order valence-electron chi connectivity index (χ0n) is 10.4. The van der Waals surface area contributed by atoms with Crippen molar-refractivity contribution in [3.05, 3.63) is 24.3 Å². The summed E-state index contributed by atoms with van der Waals surface area (Å²) in [5, 5.41) is 3.68. The van der Waals surface area contributed by atoms with Gasteiger partial charge in [0, 0.05) is 30.9 Å². The van der Waals surface area contributed by atoms with Crippen LogP contribution in [-0.2, 0) is 0 Å². The van der Waals surface area contributed by atoms with Crippen LogP contribution in [0.3, 0.4) is 0 Å². The molecule has 2 aliphatic rings. The largest absolute Gasteiger partial charge is 0.497 e. The van der Waals surface area contributed by atoms with Gasteiger partial charge in [0.1, 0.15) is 5.75 Å². The summed E-state index contributed by atoms with van der Waals surface area (Å²) in [5.74, 6) is 1.76. The Labute approximate surface area is 103 Å². The third-order valence-corrected chi connectivity index (χ3v) is 4.06. The van der Waals surface area contributed by atoms with E-state index in [1.54, 1.807) is 7.11 Å². The molecule has 0 saturated carbocycles. The van der Waals surface area contributed by atoms with E-state index in [2.05, 4.69) is 22.3 Å². The molecule has 0 amide bonds. The van der Waals surface area contributed by atoms with E-state index in [1.165, 1.54) is 38.2 Å². The van der Waals surface area contributed by atoms with Crippen molar-refractivity contribution in [3.63, 3.8) is 0 Å². The highest BCUT2D eigenvalue weighted by molar-refractivity contribution is 5.49. The fourth-order valence-electron chi connectivity index (χ4n) is 3.07. The van der Waals surface area contributed by atoms with E-state index < -0.39 is 0 Å². The topological polar surface area (TPSA) is 24.5 Å². The van der Waals surface area contributed by atoms with Crippen molar-refractivity contribution in [2.24, 2.45) is 5.92 Å². The molecule has 17 heavy (non-hydrogen) atoms. The zero-order chi connectivity index (χ0) is 11.7. The molecule has 0 spiro atoms. The number of hydrogen-bond donors (Lipinski definition) is 1. The van der Waals surface area contributed by atoms with Gasteiger partial charge < -0.3 is 15.0 Å². The molecule has 0 aliphatic carbocycles. The second-order valence-electron chi connectivity index (χ2n) is 5.12. The number of ether oxygens (including phenoxy) is 1. The van der Waals surface area contributed by atoms with Gasteiger partial charge in [-0.2, -0.15) is 0 Å². The van der Waals surface area contributed by atoms with Crippen molar-refractivity contribution >= 4 is 5.69 Å². The minimum Gasteiger partial charge on any atom is -0.497 e. The highest BCUT2D eigenvalue weighted by atomic mass is 16.5. The monoisotopic (exact) mass is 232 g/mol. The van der Waals surface area contributed by atoms with Crippen molar-refractivity contribution in [3.8, 4) is 5.75 Å². The number of fused-ring (bicyclic) bond motifs is 2. The van der Waals surface area contributed by atoms with Crippen LogP contribution in [0.15, 0.2) is 24.3 Å². The number of benzene rings is 1. The Morgan fingerprint density at radius 1 is 1.29 bits per heavy atom. The van der Waals surface area contributed by atoms with Gasteiger partial charge in [0.2, 0.25) is 0 Å². The van der Waals surface area contributed by atoms with Crippen LogP contribution in [-0.4, -0.2) is 37.7 Å². The van der Waals surface area contributed by atoms with E-state index in [-0.39, 0.29) is 0 Å². The van der Waals surface area contributed by atoms with Crippen LogP contribution in [0.1, 0.15) is 12.8 Å². The van der Waals surface area contributed by atoms with E-state index in [0.717, 1.165) is 11.7 Å². The normalized spacial score (nSPS) is 31.2. The number of rotatable bonds is 3. The minimum atomic E-state index is 0.640. The lowest BCUT2D eigenvalue weighted by molar-refractivity contribution is 0.255. The Morgan fingerprint density at radius 3 is 3.06 bits per heavy atom. The molecular formula is C14H20N2O. The Kier molecular flexibility index (Phi) is 2.93. The van der Waals surface area contributed by atoms with Crippen LogP contribution in [0.2, 0.25) is 0 Å². The summed E-state index contributed by atoms with van der Waals surface area (Å²) in [6, 6.07) is 8.89. The summed E-state index contributed by atoms with van der Waals surface area (Å²) in [4.78, 5) is 2.58. The van der Waals surface area contributed by atoms with Crippen molar-refractivity contribution < 1.29 is 4.74 Å². The van der Waals surface area contributed by atoms with Crippen molar-refractivity contribution in [1.29, 1.82) is 0 Å². The molecular weight excluding hydrogens is 212 g/mol. The molecule has 1 N–H and O–H groups in total. The first-order chi connectivity index (χ1) is 8.35. The van der Waals surface area contributed by atoms with Crippen LogP contribution < -0.4 is 10.1 Å². The Balaban J connectivity index is 1.69. The first-order valence-electron chi connectivity index (χ1n) is 6.48. The SMILES string of the molecule is COc1cccc(NC2CCN3CCC2C3)c1. The third-order valence-electron chi connectivity index (χ3n) is 4.06. The van der Waals surface area contributed by atoms with Gasteiger partial charge in [0.25, 0.3) is 0 Å². The van der Waals surface area contributed by atoms with Gasteiger partial charge in [-0.15, -0.1) is 0 Å². The summed E-state index contributed by atoms with van der Waals surface area (Å²) in [7, 11) is 1.72. The number of hydrogen-bond acceptors (Lipinski definition) is 3. The lowest BCUT2D eigenvalue weighted by atomic mass is 9.94. The molecule has 3 atom stereocenters. The fourth-order valence-corrected chi connectivity index (χ4v) is 3.07. The average Bonchev–Trinajstić information content (AvgIpc) is 2.76. The molecule has 1 aromatic carbocycles. The van der Waals surface area contributed by atoms with Crippen LogP contribution in [0, 0.1) is 5.92 Å². The number of anilines is 1. The van der Waals surface area contributed by atoms with Gasteiger partial charge in [-0.05, 0) is 37.4 Å². The molecule has 2 bridgehead atoms. The van der Waals surface area contributed by atoms with E-state index >= 15 is 0 Å². The van der Waals surface area contributed by atoms with Crippen molar-refractivity contribution in [2.75, 3.05) is 32.1 Å². The van der Waals surface area contributed by atoms with Crippen LogP contribution >= 0.6 is 0 Å². The molecule has 0 radical (unpaired) electrons. The van der Waals surface area contributed by atoms with E-state index in [1.807, 2.05) is 12.1 Å². The molecule has 0 aromatic heterocycles. The summed E-state index contributed by atoms with van der Waals surface area (Å²) < 4.78 is 5.26. The fraction of sp³-hybridized carbons (Fsp3) is 0.571. The average molecular weight is 232 g/mol. The summed E-state index contributed by atoms with van der Waals surface area (Å²) in [6.07, 6.45) is 2.61. The quantitative estimate of drug-likeness (QED) is 0.864. The van der Waals surface area contributed by atoms with Gasteiger partial charge in [-0.1, -0.05) is 6.07 Å². The van der Waals surface area contributed by atoms with Crippen molar-refractivity contribution in [2.45, 2.75) is 18.9 Å². The molecule has 3 unspecified atom stereocenters. The Hall–Kier alpha value is -1.22. The molecule has 2 heterocycles. The summed E-state index contributed by atoms with van der Waals surface area (Å²) in [5.41, 5.74) is 1.19. The Bertz CT molecular complexity index is 394. The third kappa shape index (κ3) is 2.25. The second-order valence-corrected chi connectivity index (χ2v) is 5.12. The maximum absolute atomic E-state index is 5.26. The molecule has 3 nitrogen and oxygen atoms in total. The predicted octanol–water partition coefficient (Wildman–Crippen LogP) is 2.20. The number of piperidine rings is 1. The molecule has 1 aromatic rings. The molecule has 92 valence electrons. The lowest BCUT2D eigenvalue weighted by Gasteiger charge is -2.31. The van der Waals surface area contributed by atoms with E-state index in [9.17, 15) is 0 Å². The molecule has 3 heteroatoms. The van der Waals surface area contributed by atoms with Crippen LogP contribution in [0.4, 0.5) is 5.69 Å². The number of nitrogens with one attached hydrogen (secondary N) is 1. The van der Waals surface area contributed by atoms with Crippen molar-refractivity contribution in [1.82, 2.24) is 4.90 Å². The maximum atomic E-state index is 5.26. The lowest BCUT2D eigenvalue weighted by Crippen LogP contribution is -2.39. The van der Waals surface area contributed by atoms with E-state index in [0.29, 0.717) is 6.04 Å². The zero-order valence-corrected chi connectivity index (χ0v) is 10.4. The molecule has 2 fully saturated rings. The first kappa shape index (κ1) is 10.9. The smallest absolute Gasteiger partial charge is 0.120 e. The van der Waals surface area contributed by atoms with Gasteiger partial charge >= 0.3 is 0 Å². The standard InChI is InChI=1S/C14H20N2O/c1-17-13-4-2-3-12(9-13)15-14-6-8-16-7-5-11(14)10-16/h2-4,9,11,14-15H,5-8,10H2,1H3. The summed E-state index contributed by atoms with van der Waals surface area (Å²) >= 11 is 0. The van der Waals surface area contributed by atoms with Gasteiger partial charge in [0.05, 0.1) is 7.11 Å². The second kappa shape index (κ2) is 4.57. The Morgan fingerprint density at radius 2 is 2.18 bits per heavy atom. The molecule has 2 saturated heterocycles. The van der Waals surface area contributed by atoms with Gasteiger partial charge in [-0.3, -0.25) is 0 Å². The van der Waals surface area contributed by atoms with Crippen LogP contribution in [0.5, 0.6) is 5.75 Å². The van der Waals surface area contributed by atoms with E-state index in [4.69, 9.17) is 4.74 Å². The molecule has 3 rings (SSSR count). The van der Waals surface area contributed by atoms with Gasteiger partial charge in [0.15, 0.2) is 0 Å². The number of nitrogens with zero attached hydrogens (tertiary/aromatic N) is 1. The first-order valence-corrected chi connectivity index (χ1v) is 6.48. The number of methoxy groups -OCH3 is 1. The molecule has 2 aliphatic heterocycles. The summed E-state index contributed by atoms with van der Waals surface area (Å²) in [6.45, 7) is 3.82. The highest BCUT2D eigenvalue weighted by Crippen LogP contribution is 2.30. The minimum absolute atomic E-state index is 0.640. The van der Waals surface area contributed by atoms with Gasteiger partial charge in [-0.25, -0.2) is 0 Å². The maximum Gasteiger partial charge on any atom is 0.120 e.